The number of ether oxygens (including phenoxy) is 1. The number of methoxy groups -OCH3 is 1. The summed E-state index contributed by atoms with van der Waals surface area (Å²) in [5.74, 6) is 0.877. The lowest BCUT2D eigenvalue weighted by Gasteiger charge is -2.21. The van der Waals surface area contributed by atoms with Crippen LogP contribution in [0, 0.1) is 0 Å². The summed E-state index contributed by atoms with van der Waals surface area (Å²) in [5, 5.41) is 16.3. The Bertz CT molecular complexity index is 805. The second-order valence-corrected chi connectivity index (χ2v) is 6.69. The zero-order chi connectivity index (χ0) is 17.4. The number of carbonyl (C=O) groups excluding carboxylic acids is 1. The van der Waals surface area contributed by atoms with Gasteiger partial charge in [-0.2, -0.15) is 0 Å². The number of aliphatic hydroxyl groups is 1. The van der Waals surface area contributed by atoms with Crippen molar-refractivity contribution in [2.75, 3.05) is 7.11 Å². The molecule has 0 radical (unpaired) electrons. The third kappa shape index (κ3) is 2.85. The van der Waals surface area contributed by atoms with Crippen LogP contribution in [-0.2, 0) is 12.8 Å². The van der Waals surface area contributed by atoms with Gasteiger partial charge in [-0.1, -0.05) is 36.4 Å². The first kappa shape index (κ1) is 16.0. The van der Waals surface area contributed by atoms with Crippen LogP contribution in [0.1, 0.15) is 40.8 Å². The summed E-state index contributed by atoms with van der Waals surface area (Å²) < 4.78 is 5.41. The maximum absolute atomic E-state index is 12.5. The van der Waals surface area contributed by atoms with E-state index in [1.54, 1.807) is 7.11 Å². The third-order valence-electron chi connectivity index (χ3n) is 5.24. The Morgan fingerprint density at radius 2 is 1.92 bits per heavy atom. The quantitative estimate of drug-likeness (QED) is 0.806. The molecule has 0 aromatic heterocycles. The summed E-state index contributed by atoms with van der Waals surface area (Å²) in [7, 11) is 1.67. The Labute approximate surface area is 147 Å². The highest BCUT2D eigenvalue weighted by molar-refractivity contribution is 5.75. The number of amides is 2. The maximum atomic E-state index is 12.5. The minimum absolute atomic E-state index is 0.0288. The van der Waals surface area contributed by atoms with Gasteiger partial charge in [0.15, 0.2) is 0 Å². The monoisotopic (exact) mass is 338 g/mol. The molecule has 5 nitrogen and oxygen atoms in total. The predicted molar refractivity (Wildman–Crippen MR) is 94.6 cm³/mol. The Balaban J connectivity index is 1.46. The van der Waals surface area contributed by atoms with Gasteiger partial charge in [0.05, 0.1) is 25.3 Å². The fourth-order valence-electron chi connectivity index (χ4n) is 4.05. The number of fused-ring (bicyclic) bond motifs is 2. The topological polar surface area (TPSA) is 70.6 Å². The second-order valence-electron chi connectivity index (χ2n) is 6.69. The van der Waals surface area contributed by atoms with Crippen molar-refractivity contribution in [3.05, 3.63) is 64.7 Å². The molecule has 0 aliphatic heterocycles. The molecule has 2 aromatic carbocycles. The van der Waals surface area contributed by atoms with Gasteiger partial charge in [-0.15, -0.1) is 0 Å². The lowest BCUT2D eigenvalue weighted by molar-refractivity contribution is 0.142. The SMILES string of the molecule is COc1cccc2c1CCC2NC(=O)NC1c2ccccc2CC1O. The first-order valence-electron chi connectivity index (χ1n) is 8.66. The van der Waals surface area contributed by atoms with Crippen LogP contribution in [0.15, 0.2) is 42.5 Å². The fourth-order valence-corrected chi connectivity index (χ4v) is 4.05. The van der Waals surface area contributed by atoms with Gasteiger partial charge in [-0.25, -0.2) is 4.79 Å². The maximum Gasteiger partial charge on any atom is 0.315 e. The normalized spacial score (nSPS) is 23.7. The zero-order valence-electron chi connectivity index (χ0n) is 14.2. The molecule has 0 fully saturated rings. The molecule has 3 unspecified atom stereocenters. The average molecular weight is 338 g/mol. The molecule has 4 rings (SSSR count). The molecule has 0 saturated heterocycles. The van der Waals surface area contributed by atoms with Gasteiger partial charge < -0.3 is 20.5 Å². The molecule has 130 valence electrons. The van der Waals surface area contributed by atoms with E-state index in [9.17, 15) is 9.90 Å². The van der Waals surface area contributed by atoms with E-state index in [1.807, 2.05) is 42.5 Å². The van der Waals surface area contributed by atoms with Crippen molar-refractivity contribution in [3.8, 4) is 5.75 Å². The Kier molecular flexibility index (Phi) is 4.09. The van der Waals surface area contributed by atoms with Crippen LogP contribution in [0.3, 0.4) is 0 Å². The number of aliphatic hydroxyl groups excluding tert-OH is 1. The molecule has 2 amide bonds. The summed E-state index contributed by atoms with van der Waals surface area (Å²) in [5.41, 5.74) is 4.37. The molecule has 3 N–H and O–H groups in total. The van der Waals surface area contributed by atoms with Crippen LogP contribution in [0.4, 0.5) is 4.79 Å². The number of hydrogen-bond acceptors (Lipinski definition) is 3. The van der Waals surface area contributed by atoms with Gasteiger partial charge in [0.25, 0.3) is 0 Å². The molecule has 0 heterocycles. The van der Waals surface area contributed by atoms with Crippen LogP contribution >= 0.6 is 0 Å². The van der Waals surface area contributed by atoms with E-state index in [1.165, 1.54) is 5.56 Å². The van der Waals surface area contributed by atoms with Gasteiger partial charge in [0.1, 0.15) is 5.75 Å². The highest BCUT2D eigenvalue weighted by Crippen LogP contribution is 2.37. The number of hydrogen-bond donors (Lipinski definition) is 3. The largest absolute Gasteiger partial charge is 0.496 e. The van der Waals surface area contributed by atoms with Gasteiger partial charge in [-0.3, -0.25) is 0 Å². The van der Waals surface area contributed by atoms with E-state index in [4.69, 9.17) is 4.74 Å². The van der Waals surface area contributed by atoms with Crippen molar-refractivity contribution in [1.29, 1.82) is 0 Å². The Morgan fingerprint density at radius 1 is 1.12 bits per heavy atom. The second kappa shape index (κ2) is 6.41. The van der Waals surface area contributed by atoms with Gasteiger partial charge >= 0.3 is 6.03 Å². The van der Waals surface area contributed by atoms with Gasteiger partial charge in [0.2, 0.25) is 0 Å². The summed E-state index contributed by atoms with van der Waals surface area (Å²) in [4.78, 5) is 12.5. The highest BCUT2D eigenvalue weighted by atomic mass is 16.5. The van der Waals surface area contributed by atoms with Crippen LogP contribution in [0.2, 0.25) is 0 Å². The highest BCUT2D eigenvalue weighted by Gasteiger charge is 2.33. The summed E-state index contributed by atoms with van der Waals surface area (Å²) in [6.45, 7) is 0. The van der Waals surface area contributed by atoms with Crippen molar-refractivity contribution < 1.29 is 14.6 Å². The molecular formula is C20H22N2O3. The molecular weight excluding hydrogens is 316 g/mol. The van der Waals surface area contributed by atoms with Gasteiger partial charge in [-0.05, 0) is 41.2 Å². The van der Waals surface area contributed by atoms with E-state index in [0.29, 0.717) is 6.42 Å². The molecule has 2 aliphatic carbocycles. The van der Waals surface area contributed by atoms with Crippen LogP contribution in [-0.4, -0.2) is 24.4 Å². The van der Waals surface area contributed by atoms with E-state index in [-0.39, 0.29) is 18.1 Å². The summed E-state index contributed by atoms with van der Waals surface area (Å²) in [6.07, 6.45) is 1.73. The summed E-state index contributed by atoms with van der Waals surface area (Å²) in [6, 6.07) is 13.2. The Hall–Kier alpha value is -2.53. The van der Waals surface area contributed by atoms with Gasteiger partial charge in [0, 0.05) is 6.42 Å². The molecule has 0 bridgehead atoms. The van der Waals surface area contributed by atoms with Crippen molar-refractivity contribution in [2.24, 2.45) is 0 Å². The fraction of sp³-hybridized carbons (Fsp3) is 0.350. The van der Waals surface area contributed by atoms with Crippen molar-refractivity contribution >= 4 is 6.03 Å². The van der Waals surface area contributed by atoms with E-state index in [2.05, 4.69) is 10.6 Å². The predicted octanol–water partition coefficient (Wildman–Crippen LogP) is 2.64. The molecule has 2 aliphatic rings. The summed E-state index contributed by atoms with van der Waals surface area (Å²) >= 11 is 0. The molecule has 0 saturated carbocycles. The lowest BCUT2D eigenvalue weighted by Crippen LogP contribution is -2.42. The van der Waals surface area contributed by atoms with Crippen LogP contribution in [0.5, 0.6) is 5.75 Å². The lowest BCUT2D eigenvalue weighted by atomic mass is 10.1. The van der Waals surface area contributed by atoms with Crippen molar-refractivity contribution in [3.63, 3.8) is 0 Å². The van der Waals surface area contributed by atoms with Crippen LogP contribution in [0.25, 0.3) is 0 Å². The third-order valence-corrected chi connectivity index (χ3v) is 5.24. The minimum Gasteiger partial charge on any atom is -0.496 e. The van der Waals surface area contributed by atoms with Crippen molar-refractivity contribution in [1.82, 2.24) is 10.6 Å². The Morgan fingerprint density at radius 3 is 2.76 bits per heavy atom. The first-order chi connectivity index (χ1) is 12.2. The molecule has 5 heteroatoms. The zero-order valence-corrected chi connectivity index (χ0v) is 14.2. The number of benzene rings is 2. The average Bonchev–Trinajstić information content (AvgIpc) is 3.16. The molecule has 2 aromatic rings. The van der Waals surface area contributed by atoms with E-state index in [0.717, 1.165) is 35.3 Å². The van der Waals surface area contributed by atoms with Crippen LogP contribution < -0.4 is 15.4 Å². The van der Waals surface area contributed by atoms with Crippen molar-refractivity contribution in [2.45, 2.75) is 37.5 Å². The standard InChI is InChI=1S/C20H22N2O3/c1-25-18-8-4-7-14-15(18)9-10-16(14)21-20(24)22-19-13-6-3-2-5-12(13)11-17(19)23/h2-8,16-17,19,23H,9-11H2,1H3,(H2,21,22,24). The number of urea groups is 1. The molecule has 25 heavy (non-hydrogen) atoms. The molecule has 3 atom stereocenters. The number of rotatable bonds is 3. The van der Waals surface area contributed by atoms with E-state index < -0.39 is 6.10 Å². The van der Waals surface area contributed by atoms with E-state index >= 15 is 0 Å². The minimum atomic E-state index is -0.584. The molecule has 0 spiro atoms. The number of carbonyl (C=O) groups is 1. The first-order valence-corrected chi connectivity index (χ1v) is 8.66. The smallest absolute Gasteiger partial charge is 0.315 e. The number of nitrogens with one attached hydrogen (secondary N) is 2.